The van der Waals surface area contributed by atoms with Crippen LogP contribution in [-0.2, 0) is 11.4 Å². The number of halogens is 1. The zero-order valence-corrected chi connectivity index (χ0v) is 21.1. The number of methoxy groups -OCH3 is 1. The lowest BCUT2D eigenvalue weighted by molar-refractivity contribution is 0.130. The van der Waals surface area contributed by atoms with E-state index in [0.717, 1.165) is 22.2 Å². The number of rotatable bonds is 9. The molecule has 0 aliphatic heterocycles. The first-order valence-electron chi connectivity index (χ1n) is 11.7. The van der Waals surface area contributed by atoms with Crippen LogP contribution in [0.1, 0.15) is 37.5 Å². The number of pyridine rings is 1. The maximum atomic E-state index is 13.0. The van der Waals surface area contributed by atoms with E-state index in [2.05, 4.69) is 21.5 Å². The summed E-state index contributed by atoms with van der Waals surface area (Å²) < 4.78 is 24.4. The SMILES string of the molecule is COc1cc2c(Nc3ccc(C(C)=NOCc4ccc(F)cc4)cc3)c(C#N)cnc2cc1OC(C)C. The number of nitriles is 1. The van der Waals surface area contributed by atoms with E-state index in [-0.39, 0.29) is 18.5 Å². The molecule has 0 bridgehead atoms. The van der Waals surface area contributed by atoms with Gasteiger partial charge in [-0.05, 0) is 62.2 Å². The quantitative estimate of drug-likeness (QED) is 0.203. The summed E-state index contributed by atoms with van der Waals surface area (Å²) >= 11 is 0. The van der Waals surface area contributed by atoms with E-state index in [0.29, 0.717) is 34.0 Å². The number of fused-ring (bicyclic) bond motifs is 1. The molecule has 7 nitrogen and oxygen atoms in total. The second-order valence-corrected chi connectivity index (χ2v) is 8.62. The van der Waals surface area contributed by atoms with Crippen molar-refractivity contribution in [3.63, 3.8) is 0 Å². The number of oxime groups is 1. The van der Waals surface area contributed by atoms with Gasteiger partial charge in [0.25, 0.3) is 0 Å². The Morgan fingerprint density at radius 1 is 1.08 bits per heavy atom. The normalized spacial score (nSPS) is 11.3. The molecule has 3 aromatic carbocycles. The maximum absolute atomic E-state index is 13.0. The molecule has 0 aliphatic rings. The molecular formula is C29H27FN4O3. The fourth-order valence-electron chi connectivity index (χ4n) is 3.70. The van der Waals surface area contributed by atoms with Crippen molar-refractivity contribution in [2.24, 2.45) is 5.16 Å². The number of aromatic nitrogens is 1. The fourth-order valence-corrected chi connectivity index (χ4v) is 3.70. The van der Waals surface area contributed by atoms with Crippen molar-refractivity contribution in [1.82, 2.24) is 4.98 Å². The Labute approximate surface area is 215 Å². The predicted molar refractivity (Wildman–Crippen MR) is 142 cm³/mol. The number of nitrogens with zero attached hydrogens (tertiary/aromatic N) is 3. The van der Waals surface area contributed by atoms with E-state index in [4.69, 9.17) is 14.3 Å². The van der Waals surface area contributed by atoms with Crippen LogP contribution < -0.4 is 14.8 Å². The zero-order chi connectivity index (χ0) is 26.4. The molecule has 0 saturated heterocycles. The van der Waals surface area contributed by atoms with Crippen molar-refractivity contribution < 1.29 is 18.7 Å². The van der Waals surface area contributed by atoms with Crippen LogP contribution in [0.25, 0.3) is 10.9 Å². The zero-order valence-electron chi connectivity index (χ0n) is 21.1. The van der Waals surface area contributed by atoms with Crippen LogP contribution in [0.2, 0.25) is 0 Å². The van der Waals surface area contributed by atoms with E-state index in [9.17, 15) is 9.65 Å². The van der Waals surface area contributed by atoms with E-state index in [1.165, 1.54) is 12.1 Å². The van der Waals surface area contributed by atoms with Gasteiger partial charge in [-0.3, -0.25) is 4.98 Å². The van der Waals surface area contributed by atoms with Crippen LogP contribution in [-0.4, -0.2) is 23.9 Å². The Hall–Kier alpha value is -4.64. The third kappa shape index (κ3) is 6.14. The van der Waals surface area contributed by atoms with E-state index < -0.39 is 0 Å². The van der Waals surface area contributed by atoms with Gasteiger partial charge in [-0.15, -0.1) is 0 Å². The predicted octanol–water partition coefficient (Wildman–Crippen LogP) is 6.73. The van der Waals surface area contributed by atoms with Gasteiger partial charge in [0, 0.05) is 23.3 Å². The molecule has 0 saturated carbocycles. The van der Waals surface area contributed by atoms with Crippen LogP contribution in [0.15, 0.2) is 72.0 Å². The number of ether oxygens (including phenoxy) is 2. The van der Waals surface area contributed by atoms with Crippen molar-refractivity contribution in [2.45, 2.75) is 33.5 Å². The molecule has 0 atom stereocenters. The molecule has 0 unspecified atom stereocenters. The highest BCUT2D eigenvalue weighted by Gasteiger charge is 2.15. The maximum Gasteiger partial charge on any atom is 0.163 e. The minimum absolute atomic E-state index is 0.0267. The lowest BCUT2D eigenvalue weighted by Gasteiger charge is -2.17. The molecule has 1 heterocycles. The number of anilines is 2. The van der Waals surface area contributed by atoms with Gasteiger partial charge in [0.05, 0.1) is 35.7 Å². The summed E-state index contributed by atoms with van der Waals surface area (Å²) in [7, 11) is 1.58. The highest BCUT2D eigenvalue weighted by atomic mass is 19.1. The lowest BCUT2D eigenvalue weighted by atomic mass is 10.1. The van der Waals surface area contributed by atoms with Gasteiger partial charge in [-0.2, -0.15) is 5.26 Å². The molecule has 8 heteroatoms. The first-order chi connectivity index (χ1) is 17.9. The van der Waals surface area contributed by atoms with Crippen molar-refractivity contribution in [1.29, 1.82) is 5.26 Å². The third-order valence-electron chi connectivity index (χ3n) is 5.55. The monoisotopic (exact) mass is 498 g/mol. The van der Waals surface area contributed by atoms with Crippen molar-refractivity contribution >= 4 is 28.0 Å². The standard InChI is InChI=1S/C29H27FN4O3/c1-18(2)37-28-14-26-25(13-27(28)35-4)29(22(15-31)16-32-26)33-24-11-7-21(8-12-24)19(3)34-36-17-20-5-9-23(30)10-6-20/h5-14,16,18H,17H2,1-4H3,(H,32,33). The Bertz CT molecular complexity index is 1460. The molecule has 0 amide bonds. The van der Waals surface area contributed by atoms with E-state index in [1.807, 2.05) is 57.2 Å². The smallest absolute Gasteiger partial charge is 0.163 e. The van der Waals surface area contributed by atoms with Crippen LogP contribution in [0.3, 0.4) is 0 Å². The first-order valence-corrected chi connectivity index (χ1v) is 11.7. The summed E-state index contributed by atoms with van der Waals surface area (Å²) in [6.07, 6.45) is 1.51. The molecule has 1 N–H and O–H groups in total. The summed E-state index contributed by atoms with van der Waals surface area (Å²) in [6.45, 7) is 5.98. The fraction of sp³-hybridized carbons (Fsp3) is 0.207. The van der Waals surface area contributed by atoms with Gasteiger partial charge in [0.1, 0.15) is 18.5 Å². The topological polar surface area (TPSA) is 88.8 Å². The second-order valence-electron chi connectivity index (χ2n) is 8.62. The number of nitrogens with one attached hydrogen (secondary N) is 1. The average Bonchev–Trinajstić information content (AvgIpc) is 2.89. The van der Waals surface area contributed by atoms with E-state index >= 15 is 0 Å². The molecule has 4 rings (SSSR count). The van der Waals surface area contributed by atoms with Crippen molar-refractivity contribution in [3.8, 4) is 17.6 Å². The summed E-state index contributed by atoms with van der Waals surface area (Å²) in [4.78, 5) is 9.86. The molecule has 0 fully saturated rings. The number of hydrogen-bond donors (Lipinski definition) is 1. The molecule has 4 aromatic rings. The average molecular weight is 499 g/mol. The third-order valence-corrected chi connectivity index (χ3v) is 5.55. The van der Waals surface area contributed by atoms with Gasteiger partial charge < -0.3 is 19.6 Å². The van der Waals surface area contributed by atoms with Crippen LogP contribution >= 0.6 is 0 Å². The van der Waals surface area contributed by atoms with Gasteiger partial charge in [0.15, 0.2) is 11.5 Å². The highest BCUT2D eigenvalue weighted by molar-refractivity contribution is 5.99. The molecule has 188 valence electrons. The Morgan fingerprint density at radius 3 is 2.46 bits per heavy atom. The minimum atomic E-state index is -0.289. The Morgan fingerprint density at radius 2 is 1.81 bits per heavy atom. The summed E-state index contributed by atoms with van der Waals surface area (Å²) in [5.74, 6) is 0.862. The van der Waals surface area contributed by atoms with Crippen molar-refractivity contribution in [2.75, 3.05) is 12.4 Å². The van der Waals surface area contributed by atoms with Crippen molar-refractivity contribution in [3.05, 3.63) is 89.4 Å². The summed E-state index contributed by atoms with van der Waals surface area (Å²) in [5, 5.41) is 18.0. The highest BCUT2D eigenvalue weighted by Crippen LogP contribution is 2.37. The molecule has 0 spiro atoms. The summed E-state index contributed by atoms with van der Waals surface area (Å²) in [5.41, 5.74) is 4.90. The summed E-state index contributed by atoms with van der Waals surface area (Å²) in [6, 6.07) is 19.6. The lowest BCUT2D eigenvalue weighted by Crippen LogP contribution is -2.07. The molecule has 1 aromatic heterocycles. The number of hydrogen-bond acceptors (Lipinski definition) is 7. The number of benzene rings is 3. The second kappa shape index (κ2) is 11.4. The minimum Gasteiger partial charge on any atom is -0.493 e. The van der Waals surface area contributed by atoms with Gasteiger partial charge >= 0.3 is 0 Å². The molecule has 37 heavy (non-hydrogen) atoms. The Kier molecular flexibility index (Phi) is 7.84. The van der Waals surface area contributed by atoms with E-state index in [1.54, 1.807) is 25.4 Å². The molecule has 0 aliphatic carbocycles. The first kappa shape index (κ1) is 25.5. The van der Waals surface area contributed by atoms with Crippen LogP contribution in [0.5, 0.6) is 11.5 Å². The van der Waals surface area contributed by atoms with Gasteiger partial charge in [-0.25, -0.2) is 4.39 Å². The van der Waals surface area contributed by atoms with Gasteiger partial charge in [0.2, 0.25) is 0 Å². The van der Waals surface area contributed by atoms with Crippen LogP contribution in [0.4, 0.5) is 15.8 Å². The molecular weight excluding hydrogens is 471 g/mol. The molecule has 0 radical (unpaired) electrons. The van der Waals surface area contributed by atoms with Gasteiger partial charge in [-0.1, -0.05) is 29.4 Å². The Balaban J connectivity index is 1.55. The largest absolute Gasteiger partial charge is 0.493 e. The van der Waals surface area contributed by atoms with Crippen LogP contribution in [0, 0.1) is 17.1 Å².